The summed E-state index contributed by atoms with van der Waals surface area (Å²) < 4.78 is 11.3. The van der Waals surface area contributed by atoms with E-state index in [-0.39, 0.29) is 6.29 Å². The van der Waals surface area contributed by atoms with Crippen LogP contribution in [0.2, 0.25) is 0 Å². The number of halogens is 1. The van der Waals surface area contributed by atoms with Crippen molar-refractivity contribution in [3.8, 4) is 0 Å². The van der Waals surface area contributed by atoms with Gasteiger partial charge in [-0.05, 0) is 28.1 Å². The number of ether oxygens (including phenoxy) is 2. The summed E-state index contributed by atoms with van der Waals surface area (Å²) in [5.74, 6) is 0. The first kappa shape index (κ1) is 12.1. The Morgan fingerprint density at radius 2 is 2.14 bits per heavy atom. The van der Waals surface area contributed by atoms with Gasteiger partial charge in [0.25, 0.3) is 0 Å². The van der Waals surface area contributed by atoms with Gasteiger partial charge >= 0.3 is 0 Å². The highest BCUT2D eigenvalue weighted by Crippen LogP contribution is 2.21. The van der Waals surface area contributed by atoms with Crippen LogP contribution in [-0.2, 0) is 16.0 Å². The smallest absolute Gasteiger partial charge is 0.169 e. The van der Waals surface area contributed by atoms with Gasteiger partial charge < -0.3 is 14.8 Å². The van der Waals surface area contributed by atoms with Crippen LogP contribution in [-0.4, -0.2) is 27.1 Å². The number of nitrogens with one attached hydrogen (secondary N) is 1. The van der Waals surface area contributed by atoms with Gasteiger partial charge in [0, 0.05) is 32.2 Å². The molecule has 0 radical (unpaired) electrons. The van der Waals surface area contributed by atoms with Crippen molar-refractivity contribution >= 4 is 27.3 Å². The molecular weight excluding hydrogens is 266 g/mol. The quantitative estimate of drug-likeness (QED) is 0.810. The van der Waals surface area contributed by atoms with Crippen LogP contribution in [0.15, 0.2) is 15.9 Å². The summed E-state index contributed by atoms with van der Waals surface area (Å²) in [4.78, 5) is 1.29. The maximum absolute atomic E-state index is 5.05. The number of methoxy groups -OCH3 is 2. The van der Waals surface area contributed by atoms with Gasteiger partial charge in [-0.25, -0.2) is 0 Å². The van der Waals surface area contributed by atoms with E-state index in [0.29, 0.717) is 6.54 Å². The van der Waals surface area contributed by atoms with Crippen molar-refractivity contribution in [2.24, 2.45) is 0 Å². The molecule has 0 spiro atoms. The number of rotatable bonds is 6. The van der Waals surface area contributed by atoms with Gasteiger partial charge in [0.2, 0.25) is 0 Å². The third-order valence-electron chi connectivity index (χ3n) is 1.76. The summed E-state index contributed by atoms with van der Waals surface area (Å²) in [5.41, 5.74) is 0. The van der Waals surface area contributed by atoms with Crippen LogP contribution in [0.25, 0.3) is 0 Å². The lowest BCUT2D eigenvalue weighted by Gasteiger charge is -2.13. The van der Waals surface area contributed by atoms with E-state index in [0.717, 1.165) is 10.3 Å². The molecule has 5 heteroatoms. The Kier molecular flexibility index (Phi) is 5.66. The fraction of sp³-hybridized carbons (Fsp3) is 0.556. The van der Waals surface area contributed by atoms with Crippen molar-refractivity contribution in [2.75, 3.05) is 20.8 Å². The largest absolute Gasteiger partial charge is 0.355 e. The maximum Gasteiger partial charge on any atom is 0.169 e. The predicted molar refractivity (Wildman–Crippen MR) is 61.5 cm³/mol. The summed E-state index contributed by atoms with van der Waals surface area (Å²) in [7, 11) is 3.27. The molecule has 0 aliphatic carbocycles. The van der Waals surface area contributed by atoms with Gasteiger partial charge in [-0.3, -0.25) is 0 Å². The van der Waals surface area contributed by atoms with Crippen molar-refractivity contribution in [1.29, 1.82) is 0 Å². The fourth-order valence-electron chi connectivity index (χ4n) is 1.02. The van der Waals surface area contributed by atoms with Crippen LogP contribution >= 0.6 is 27.3 Å². The number of hydrogen-bond donors (Lipinski definition) is 1. The van der Waals surface area contributed by atoms with Crippen LogP contribution in [0, 0.1) is 0 Å². The summed E-state index contributed by atoms with van der Waals surface area (Å²) in [6.45, 7) is 1.54. The van der Waals surface area contributed by atoms with E-state index < -0.39 is 0 Å². The van der Waals surface area contributed by atoms with Crippen molar-refractivity contribution in [3.05, 3.63) is 20.8 Å². The van der Waals surface area contributed by atoms with Gasteiger partial charge in [0.1, 0.15) is 0 Å². The van der Waals surface area contributed by atoms with Crippen LogP contribution in [0.1, 0.15) is 4.88 Å². The fourth-order valence-corrected chi connectivity index (χ4v) is 2.48. The van der Waals surface area contributed by atoms with E-state index in [1.807, 2.05) is 6.07 Å². The molecule has 0 aliphatic heterocycles. The molecule has 0 bridgehead atoms. The van der Waals surface area contributed by atoms with E-state index in [2.05, 4.69) is 27.3 Å². The number of thiophene rings is 1. The highest BCUT2D eigenvalue weighted by atomic mass is 79.9. The topological polar surface area (TPSA) is 30.5 Å². The van der Waals surface area contributed by atoms with Crippen LogP contribution < -0.4 is 5.32 Å². The minimum absolute atomic E-state index is 0.168. The van der Waals surface area contributed by atoms with Crippen LogP contribution in [0.4, 0.5) is 0 Å². The van der Waals surface area contributed by atoms with Gasteiger partial charge in [0.15, 0.2) is 6.29 Å². The van der Waals surface area contributed by atoms with Gasteiger partial charge in [0.05, 0.1) is 3.79 Å². The third kappa shape index (κ3) is 4.06. The lowest BCUT2D eigenvalue weighted by molar-refractivity contribution is -0.0988. The van der Waals surface area contributed by atoms with Gasteiger partial charge in [-0.1, -0.05) is 0 Å². The summed E-state index contributed by atoms with van der Waals surface area (Å²) in [5, 5.41) is 3.26. The molecule has 1 heterocycles. The highest BCUT2D eigenvalue weighted by molar-refractivity contribution is 9.11. The SMILES string of the molecule is COC(CNCc1ccc(Br)s1)OC. The minimum atomic E-state index is -0.168. The molecule has 0 saturated heterocycles. The Hall–Kier alpha value is 0.0600. The van der Waals surface area contributed by atoms with E-state index in [9.17, 15) is 0 Å². The Morgan fingerprint density at radius 1 is 1.43 bits per heavy atom. The molecule has 80 valence electrons. The molecule has 0 amide bonds. The molecule has 1 rings (SSSR count). The highest BCUT2D eigenvalue weighted by Gasteiger charge is 2.04. The number of hydrogen-bond acceptors (Lipinski definition) is 4. The summed E-state index contributed by atoms with van der Waals surface area (Å²) in [6, 6.07) is 4.14. The van der Waals surface area contributed by atoms with Crippen molar-refractivity contribution in [1.82, 2.24) is 5.32 Å². The second-order valence-corrected chi connectivity index (χ2v) is 5.29. The molecule has 1 N–H and O–H groups in total. The first-order chi connectivity index (χ1) is 6.76. The Morgan fingerprint density at radius 3 is 2.64 bits per heavy atom. The monoisotopic (exact) mass is 279 g/mol. The third-order valence-corrected chi connectivity index (χ3v) is 3.39. The van der Waals surface area contributed by atoms with Crippen LogP contribution in [0.5, 0.6) is 0 Å². The lowest BCUT2D eigenvalue weighted by atomic mass is 10.4. The van der Waals surface area contributed by atoms with Crippen molar-refractivity contribution in [3.63, 3.8) is 0 Å². The van der Waals surface area contributed by atoms with E-state index in [4.69, 9.17) is 9.47 Å². The van der Waals surface area contributed by atoms with E-state index >= 15 is 0 Å². The molecule has 0 atom stereocenters. The first-order valence-corrected chi connectivity index (χ1v) is 5.87. The zero-order chi connectivity index (χ0) is 10.4. The molecule has 14 heavy (non-hydrogen) atoms. The summed E-state index contributed by atoms with van der Waals surface area (Å²) in [6.07, 6.45) is -0.168. The average molecular weight is 280 g/mol. The van der Waals surface area contributed by atoms with E-state index in [1.165, 1.54) is 4.88 Å². The molecule has 0 saturated carbocycles. The Balaban J connectivity index is 2.21. The molecule has 1 aromatic heterocycles. The normalized spacial score (nSPS) is 11.1. The maximum atomic E-state index is 5.05. The molecule has 0 aromatic carbocycles. The predicted octanol–water partition coefficient (Wildman–Crippen LogP) is 2.22. The minimum Gasteiger partial charge on any atom is -0.355 e. The second-order valence-electron chi connectivity index (χ2n) is 2.74. The molecule has 0 aliphatic rings. The van der Waals surface area contributed by atoms with Gasteiger partial charge in [-0.15, -0.1) is 11.3 Å². The summed E-state index contributed by atoms with van der Waals surface area (Å²) >= 11 is 5.15. The Labute approximate surface area is 96.5 Å². The van der Waals surface area contributed by atoms with Crippen molar-refractivity contribution in [2.45, 2.75) is 12.8 Å². The van der Waals surface area contributed by atoms with Gasteiger partial charge in [-0.2, -0.15) is 0 Å². The second kappa shape index (κ2) is 6.53. The molecule has 0 fully saturated rings. The molecule has 1 aromatic rings. The average Bonchev–Trinajstić information content (AvgIpc) is 2.59. The lowest BCUT2D eigenvalue weighted by Crippen LogP contribution is -2.29. The Bertz CT molecular complexity index is 263. The molecule has 0 unspecified atom stereocenters. The van der Waals surface area contributed by atoms with E-state index in [1.54, 1.807) is 25.6 Å². The zero-order valence-electron chi connectivity index (χ0n) is 8.25. The molecule has 3 nitrogen and oxygen atoms in total. The standard InChI is InChI=1S/C9H14BrNO2S/c1-12-9(13-2)6-11-5-7-3-4-8(10)14-7/h3-4,9,11H,5-6H2,1-2H3. The van der Waals surface area contributed by atoms with Crippen molar-refractivity contribution < 1.29 is 9.47 Å². The van der Waals surface area contributed by atoms with Crippen LogP contribution in [0.3, 0.4) is 0 Å². The zero-order valence-corrected chi connectivity index (χ0v) is 10.7. The molecular formula is C9H14BrNO2S. The first-order valence-electron chi connectivity index (χ1n) is 4.26.